The van der Waals surface area contributed by atoms with E-state index in [0.717, 1.165) is 30.5 Å². The average Bonchev–Trinajstić information content (AvgIpc) is 2.31. The molecule has 0 aromatic heterocycles. The first-order valence-electron chi connectivity index (χ1n) is 5.57. The van der Waals surface area contributed by atoms with Crippen molar-refractivity contribution in [3.05, 3.63) is 29.8 Å². The fourth-order valence-electron chi connectivity index (χ4n) is 1.34. The first-order chi connectivity index (χ1) is 7.30. The molecule has 1 rings (SSSR count). The Morgan fingerprint density at radius 1 is 1.33 bits per heavy atom. The monoisotopic (exact) mass is 270 g/mol. The number of hydrogen-bond donors (Lipinski definition) is 0. The average molecular weight is 271 g/mol. The molecule has 1 unspecified atom stereocenters. The summed E-state index contributed by atoms with van der Waals surface area (Å²) < 4.78 is 5.76. The maximum Gasteiger partial charge on any atom is 0.119 e. The van der Waals surface area contributed by atoms with E-state index in [1.807, 2.05) is 6.07 Å². The van der Waals surface area contributed by atoms with E-state index in [4.69, 9.17) is 4.74 Å². The van der Waals surface area contributed by atoms with Gasteiger partial charge in [0, 0.05) is 11.2 Å². The molecule has 0 heterocycles. The second kappa shape index (κ2) is 6.89. The zero-order valence-corrected chi connectivity index (χ0v) is 11.1. The molecule has 1 nitrogen and oxygen atoms in total. The van der Waals surface area contributed by atoms with Crippen LogP contribution in [0.25, 0.3) is 0 Å². The largest absolute Gasteiger partial charge is 0.493 e. The first-order valence-corrected chi connectivity index (χ1v) is 6.70. The lowest BCUT2D eigenvalue weighted by atomic mass is 10.1. The van der Waals surface area contributed by atoms with Crippen LogP contribution in [0.3, 0.4) is 0 Å². The number of hydrogen-bond acceptors (Lipinski definition) is 1. The van der Waals surface area contributed by atoms with Crippen molar-refractivity contribution in [3.8, 4) is 5.75 Å². The molecule has 0 fully saturated rings. The normalized spacial score (nSPS) is 12.5. The fraction of sp³-hybridized carbons (Fsp3) is 0.538. The van der Waals surface area contributed by atoms with Gasteiger partial charge in [-0.2, -0.15) is 0 Å². The van der Waals surface area contributed by atoms with Crippen molar-refractivity contribution in [3.63, 3.8) is 0 Å². The highest BCUT2D eigenvalue weighted by atomic mass is 79.9. The SMILES string of the molecule is CCc1cccc(OCC(CC)CBr)c1. The van der Waals surface area contributed by atoms with Crippen molar-refractivity contribution < 1.29 is 4.74 Å². The molecular weight excluding hydrogens is 252 g/mol. The van der Waals surface area contributed by atoms with Crippen LogP contribution < -0.4 is 4.74 Å². The van der Waals surface area contributed by atoms with Gasteiger partial charge in [0.25, 0.3) is 0 Å². The number of ether oxygens (including phenoxy) is 1. The van der Waals surface area contributed by atoms with E-state index in [1.165, 1.54) is 5.56 Å². The summed E-state index contributed by atoms with van der Waals surface area (Å²) in [6, 6.07) is 8.35. The Labute approximate surface area is 101 Å². The van der Waals surface area contributed by atoms with Crippen LogP contribution in [0.1, 0.15) is 25.8 Å². The minimum Gasteiger partial charge on any atom is -0.493 e. The molecule has 1 aromatic rings. The molecule has 0 saturated carbocycles. The van der Waals surface area contributed by atoms with Gasteiger partial charge in [0.2, 0.25) is 0 Å². The molecule has 0 bridgehead atoms. The Hall–Kier alpha value is -0.500. The van der Waals surface area contributed by atoms with Crippen molar-refractivity contribution >= 4 is 15.9 Å². The van der Waals surface area contributed by atoms with Crippen LogP contribution >= 0.6 is 15.9 Å². The highest BCUT2D eigenvalue weighted by Gasteiger charge is 2.05. The van der Waals surface area contributed by atoms with Gasteiger partial charge >= 0.3 is 0 Å². The number of aryl methyl sites for hydroxylation is 1. The Bertz CT molecular complexity index is 282. The van der Waals surface area contributed by atoms with Crippen LogP contribution in [0, 0.1) is 5.92 Å². The number of benzene rings is 1. The van der Waals surface area contributed by atoms with E-state index in [1.54, 1.807) is 0 Å². The Morgan fingerprint density at radius 3 is 2.73 bits per heavy atom. The van der Waals surface area contributed by atoms with E-state index in [-0.39, 0.29) is 0 Å². The molecule has 0 aliphatic heterocycles. The van der Waals surface area contributed by atoms with Crippen molar-refractivity contribution in [2.45, 2.75) is 26.7 Å². The smallest absolute Gasteiger partial charge is 0.119 e. The second-order valence-electron chi connectivity index (χ2n) is 3.74. The summed E-state index contributed by atoms with van der Waals surface area (Å²) in [7, 11) is 0. The van der Waals surface area contributed by atoms with Crippen molar-refractivity contribution in [2.24, 2.45) is 5.92 Å². The lowest BCUT2D eigenvalue weighted by Crippen LogP contribution is -2.12. The van der Waals surface area contributed by atoms with Crippen LogP contribution in [-0.2, 0) is 6.42 Å². The third-order valence-corrected chi connectivity index (χ3v) is 3.50. The minimum absolute atomic E-state index is 0.607. The third kappa shape index (κ3) is 4.25. The highest BCUT2D eigenvalue weighted by molar-refractivity contribution is 9.09. The number of alkyl halides is 1. The van der Waals surface area contributed by atoms with Crippen molar-refractivity contribution in [1.29, 1.82) is 0 Å². The quantitative estimate of drug-likeness (QED) is 0.709. The van der Waals surface area contributed by atoms with Crippen LogP contribution in [0.15, 0.2) is 24.3 Å². The van der Waals surface area contributed by atoms with Gasteiger partial charge in [-0.1, -0.05) is 41.9 Å². The third-order valence-electron chi connectivity index (χ3n) is 2.59. The van der Waals surface area contributed by atoms with E-state index >= 15 is 0 Å². The van der Waals surface area contributed by atoms with Crippen molar-refractivity contribution in [1.82, 2.24) is 0 Å². The van der Waals surface area contributed by atoms with Gasteiger partial charge in [-0.25, -0.2) is 0 Å². The van der Waals surface area contributed by atoms with Gasteiger partial charge in [0.15, 0.2) is 0 Å². The Balaban J connectivity index is 2.49. The predicted octanol–water partition coefficient (Wildman–Crippen LogP) is 4.05. The van der Waals surface area contributed by atoms with E-state index in [2.05, 4.69) is 48.0 Å². The van der Waals surface area contributed by atoms with Crippen LogP contribution in [0.4, 0.5) is 0 Å². The summed E-state index contributed by atoms with van der Waals surface area (Å²) in [4.78, 5) is 0. The van der Waals surface area contributed by atoms with Crippen LogP contribution in [0.2, 0.25) is 0 Å². The summed E-state index contributed by atoms with van der Waals surface area (Å²) in [5.74, 6) is 1.60. The molecule has 0 amide bonds. The zero-order valence-electron chi connectivity index (χ0n) is 9.50. The molecule has 0 N–H and O–H groups in total. The maximum atomic E-state index is 5.76. The fourth-order valence-corrected chi connectivity index (χ4v) is 1.99. The topological polar surface area (TPSA) is 9.23 Å². The number of halogens is 1. The minimum atomic E-state index is 0.607. The maximum absolute atomic E-state index is 5.76. The number of rotatable bonds is 6. The molecule has 0 aliphatic carbocycles. The van der Waals surface area contributed by atoms with Gasteiger partial charge < -0.3 is 4.74 Å². The molecule has 0 radical (unpaired) electrons. The lowest BCUT2D eigenvalue weighted by molar-refractivity contribution is 0.260. The Kier molecular flexibility index (Phi) is 5.77. The van der Waals surface area contributed by atoms with E-state index in [9.17, 15) is 0 Å². The van der Waals surface area contributed by atoms with Gasteiger partial charge in [-0.3, -0.25) is 0 Å². The molecule has 2 heteroatoms. The summed E-state index contributed by atoms with van der Waals surface area (Å²) in [6.07, 6.45) is 2.21. The summed E-state index contributed by atoms with van der Waals surface area (Å²) in [5.41, 5.74) is 1.33. The zero-order chi connectivity index (χ0) is 11.1. The second-order valence-corrected chi connectivity index (χ2v) is 4.39. The van der Waals surface area contributed by atoms with Gasteiger partial charge in [-0.05, 0) is 30.5 Å². The summed E-state index contributed by atoms with van der Waals surface area (Å²) in [6.45, 7) is 5.15. The summed E-state index contributed by atoms with van der Waals surface area (Å²) >= 11 is 3.50. The highest BCUT2D eigenvalue weighted by Crippen LogP contribution is 2.16. The lowest BCUT2D eigenvalue weighted by Gasteiger charge is -2.13. The summed E-state index contributed by atoms with van der Waals surface area (Å²) in [5, 5.41) is 1.01. The molecule has 1 atom stereocenters. The van der Waals surface area contributed by atoms with E-state index < -0.39 is 0 Å². The van der Waals surface area contributed by atoms with Crippen LogP contribution in [0.5, 0.6) is 5.75 Å². The van der Waals surface area contributed by atoms with Crippen LogP contribution in [-0.4, -0.2) is 11.9 Å². The van der Waals surface area contributed by atoms with Crippen molar-refractivity contribution in [2.75, 3.05) is 11.9 Å². The molecule has 0 spiro atoms. The predicted molar refractivity (Wildman–Crippen MR) is 68.9 cm³/mol. The first kappa shape index (κ1) is 12.6. The Morgan fingerprint density at radius 2 is 2.13 bits per heavy atom. The molecule has 1 aromatic carbocycles. The molecule has 15 heavy (non-hydrogen) atoms. The molecular formula is C13H19BrO. The van der Waals surface area contributed by atoms with Gasteiger partial charge in [0.1, 0.15) is 5.75 Å². The van der Waals surface area contributed by atoms with Gasteiger partial charge in [-0.15, -0.1) is 0 Å². The van der Waals surface area contributed by atoms with E-state index in [0.29, 0.717) is 5.92 Å². The standard InChI is InChI=1S/C13H19BrO/c1-3-11-6-5-7-13(8-11)15-10-12(4-2)9-14/h5-8,12H,3-4,9-10H2,1-2H3. The molecule has 0 aliphatic rings. The molecule has 0 saturated heterocycles. The van der Waals surface area contributed by atoms with Gasteiger partial charge in [0.05, 0.1) is 6.61 Å². The molecule has 84 valence electrons.